The minimum Gasteiger partial charge on any atom is -0.398 e. The van der Waals surface area contributed by atoms with Gasteiger partial charge in [-0.15, -0.1) is 0 Å². The average molecular weight is 427 g/mol. The zero-order valence-electron chi connectivity index (χ0n) is 18.6. The van der Waals surface area contributed by atoms with Gasteiger partial charge in [0.25, 0.3) is 0 Å². The molecule has 8 heteroatoms. The molecule has 0 aliphatic heterocycles. The van der Waals surface area contributed by atoms with E-state index in [1.165, 1.54) is 0 Å². The Bertz CT molecular complexity index is 825. The van der Waals surface area contributed by atoms with E-state index in [0.29, 0.717) is 5.56 Å². The van der Waals surface area contributed by atoms with Crippen molar-refractivity contribution in [2.45, 2.75) is 65.6 Å². The molecule has 0 amide bonds. The largest absolute Gasteiger partial charge is 0.398 e. The summed E-state index contributed by atoms with van der Waals surface area (Å²) in [4.78, 5) is 2.09. The lowest BCUT2D eigenvalue weighted by Crippen LogP contribution is -2.50. The van der Waals surface area contributed by atoms with Crippen molar-refractivity contribution < 1.29 is 8.85 Å². The predicted octanol–water partition coefficient (Wildman–Crippen LogP) is 5.21. The Kier molecular flexibility index (Phi) is 8.38. The number of allylic oxidation sites excluding steroid dienone is 2. The lowest BCUT2D eigenvalue weighted by molar-refractivity contribution is 0.125. The van der Waals surface area contributed by atoms with E-state index >= 15 is 0 Å². The number of benzene rings is 1. The number of anilines is 1. The van der Waals surface area contributed by atoms with Gasteiger partial charge in [-0.25, -0.2) is 0 Å². The molecule has 0 saturated heterocycles. The number of nitriles is 3. The van der Waals surface area contributed by atoms with Crippen LogP contribution < -0.4 is 4.90 Å². The fourth-order valence-electron chi connectivity index (χ4n) is 3.05. The highest BCUT2D eigenvalue weighted by Crippen LogP contribution is 2.27. The molecule has 0 aliphatic carbocycles. The normalized spacial score (nSPS) is 13.4. The van der Waals surface area contributed by atoms with Crippen LogP contribution in [0.15, 0.2) is 29.8 Å². The van der Waals surface area contributed by atoms with Crippen LogP contribution in [-0.4, -0.2) is 29.1 Å². The van der Waals surface area contributed by atoms with Crippen molar-refractivity contribution in [3.8, 4) is 18.2 Å². The highest BCUT2D eigenvalue weighted by atomic mass is 28.4. The molecule has 0 fully saturated rings. The molecule has 0 aliphatic rings. The molecular formula is C21H30N4O2Si2. The van der Waals surface area contributed by atoms with Crippen LogP contribution in [0.1, 0.15) is 19.4 Å². The van der Waals surface area contributed by atoms with Gasteiger partial charge in [0.05, 0.1) is 5.57 Å². The summed E-state index contributed by atoms with van der Waals surface area (Å²) in [6, 6.07) is 12.8. The standard InChI is InChI=1S/C21H30N4O2Si2/c1-16(26-28(3,4)5)25(17(2)27-29(6,7)8)20-11-9-18(10-12-20)21(15-24)19(13-22)14-23/h9-12,16-17H,1-8H3. The minimum absolute atomic E-state index is 0.0749. The van der Waals surface area contributed by atoms with Gasteiger partial charge in [-0.05, 0) is 70.8 Å². The molecule has 1 aromatic carbocycles. The van der Waals surface area contributed by atoms with Crippen LogP contribution in [0.4, 0.5) is 5.69 Å². The summed E-state index contributed by atoms with van der Waals surface area (Å²) in [5.41, 5.74) is 1.30. The third-order valence-corrected chi connectivity index (χ3v) is 5.97. The second-order valence-electron chi connectivity index (χ2n) is 8.70. The van der Waals surface area contributed by atoms with Crippen LogP contribution >= 0.6 is 0 Å². The number of hydrogen-bond acceptors (Lipinski definition) is 6. The molecule has 0 radical (unpaired) electrons. The Hall–Kier alpha value is -2.42. The Morgan fingerprint density at radius 1 is 0.793 bits per heavy atom. The van der Waals surface area contributed by atoms with Crippen molar-refractivity contribution in [1.29, 1.82) is 15.8 Å². The van der Waals surface area contributed by atoms with Gasteiger partial charge in [-0.3, -0.25) is 0 Å². The Balaban J connectivity index is 3.37. The van der Waals surface area contributed by atoms with Crippen molar-refractivity contribution in [2.24, 2.45) is 0 Å². The van der Waals surface area contributed by atoms with Crippen LogP contribution in [0.25, 0.3) is 5.57 Å². The first-order chi connectivity index (χ1) is 13.3. The quantitative estimate of drug-likeness (QED) is 0.322. The van der Waals surface area contributed by atoms with Gasteiger partial charge in [0.1, 0.15) is 36.2 Å². The molecule has 1 rings (SSSR count). The summed E-state index contributed by atoms with van der Waals surface area (Å²) in [6.45, 7) is 16.9. The molecule has 154 valence electrons. The van der Waals surface area contributed by atoms with Gasteiger partial charge in [-0.1, -0.05) is 12.1 Å². The SMILES string of the molecule is CC(O[Si](C)(C)C)N(c1ccc(C(C#N)=C(C#N)C#N)cc1)C(C)O[Si](C)(C)C. The molecule has 0 heterocycles. The van der Waals surface area contributed by atoms with E-state index in [1.807, 2.05) is 32.0 Å². The molecule has 0 spiro atoms. The summed E-state index contributed by atoms with van der Waals surface area (Å²) in [5, 5.41) is 27.5. The molecule has 0 aromatic heterocycles. The summed E-state index contributed by atoms with van der Waals surface area (Å²) >= 11 is 0. The number of hydrogen-bond donors (Lipinski definition) is 0. The lowest BCUT2D eigenvalue weighted by Gasteiger charge is -2.41. The number of rotatable bonds is 8. The van der Waals surface area contributed by atoms with Crippen LogP contribution in [0.5, 0.6) is 0 Å². The van der Waals surface area contributed by atoms with Crippen LogP contribution in [-0.2, 0) is 8.85 Å². The van der Waals surface area contributed by atoms with Gasteiger partial charge >= 0.3 is 0 Å². The predicted molar refractivity (Wildman–Crippen MR) is 120 cm³/mol. The fourth-order valence-corrected chi connectivity index (χ4v) is 5.33. The molecule has 0 N–H and O–H groups in total. The summed E-state index contributed by atoms with van der Waals surface area (Å²) < 4.78 is 12.6. The van der Waals surface area contributed by atoms with Crippen molar-refractivity contribution in [1.82, 2.24) is 0 Å². The van der Waals surface area contributed by atoms with Gasteiger partial charge in [-0.2, -0.15) is 15.8 Å². The zero-order valence-corrected chi connectivity index (χ0v) is 20.6. The smallest absolute Gasteiger partial charge is 0.186 e. The average Bonchev–Trinajstić information content (AvgIpc) is 2.57. The fraction of sp³-hybridized carbons (Fsp3) is 0.476. The zero-order chi connectivity index (χ0) is 22.4. The Morgan fingerprint density at radius 3 is 1.52 bits per heavy atom. The Morgan fingerprint density at radius 2 is 1.21 bits per heavy atom. The molecule has 1 aromatic rings. The Labute approximate surface area is 176 Å². The first kappa shape index (κ1) is 24.6. The molecule has 2 atom stereocenters. The van der Waals surface area contributed by atoms with E-state index in [4.69, 9.17) is 19.4 Å². The van der Waals surface area contributed by atoms with Crippen LogP contribution in [0.3, 0.4) is 0 Å². The van der Waals surface area contributed by atoms with E-state index in [9.17, 15) is 5.26 Å². The van der Waals surface area contributed by atoms with Gasteiger partial charge in [0, 0.05) is 5.69 Å². The lowest BCUT2D eigenvalue weighted by atomic mass is 10.0. The van der Waals surface area contributed by atoms with E-state index in [2.05, 4.69) is 44.2 Å². The van der Waals surface area contributed by atoms with Gasteiger partial charge in [0.2, 0.25) is 0 Å². The maximum Gasteiger partial charge on any atom is 0.186 e. The molecule has 29 heavy (non-hydrogen) atoms. The first-order valence-electron chi connectivity index (χ1n) is 9.52. The van der Waals surface area contributed by atoms with E-state index in [1.54, 1.807) is 24.3 Å². The summed E-state index contributed by atoms with van der Waals surface area (Å²) in [7, 11) is -3.58. The molecule has 2 unspecified atom stereocenters. The molecule has 0 bridgehead atoms. The van der Waals surface area contributed by atoms with Crippen LogP contribution in [0, 0.1) is 34.0 Å². The second-order valence-corrected chi connectivity index (χ2v) is 17.6. The van der Waals surface area contributed by atoms with Crippen molar-refractivity contribution in [3.63, 3.8) is 0 Å². The third-order valence-electron chi connectivity index (χ3n) is 3.87. The van der Waals surface area contributed by atoms with Crippen molar-refractivity contribution in [2.75, 3.05) is 4.90 Å². The van der Waals surface area contributed by atoms with Gasteiger partial charge < -0.3 is 13.8 Å². The monoisotopic (exact) mass is 426 g/mol. The minimum atomic E-state index is -1.79. The maximum atomic E-state index is 9.37. The second kappa shape index (κ2) is 9.87. The topological polar surface area (TPSA) is 93.1 Å². The molecule has 0 saturated carbocycles. The summed E-state index contributed by atoms with van der Waals surface area (Å²) in [5.74, 6) is 0. The highest BCUT2D eigenvalue weighted by Gasteiger charge is 2.29. The maximum absolute atomic E-state index is 9.37. The van der Waals surface area contributed by atoms with Gasteiger partial charge in [0.15, 0.2) is 16.6 Å². The summed E-state index contributed by atoms with van der Waals surface area (Å²) in [6.07, 6.45) is -0.391. The van der Waals surface area contributed by atoms with Crippen molar-refractivity contribution >= 4 is 27.9 Å². The first-order valence-corrected chi connectivity index (χ1v) is 16.3. The van der Waals surface area contributed by atoms with E-state index in [-0.39, 0.29) is 23.6 Å². The molecular weight excluding hydrogens is 396 g/mol. The molecule has 6 nitrogen and oxygen atoms in total. The van der Waals surface area contributed by atoms with Crippen molar-refractivity contribution in [3.05, 3.63) is 35.4 Å². The van der Waals surface area contributed by atoms with E-state index < -0.39 is 16.6 Å². The third kappa shape index (κ3) is 7.49. The van der Waals surface area contributed by atoms with E-state index in [0.717, 1.165) is 5.69 Å². The highest BCUT2D eigenvalue weighted by molar-refractivity contribution is 6.70. The van der Waals surface area contributed by atoms with Crippen LogP contribution in [0.2, 0.25) is 39.3 Å². The number of nitrogens with zero attached hydrogens (tertiary/aromatic N) is 4.